The SMILES string of the molecule is NC(=O)NCc1ccc(NC(=O)CCC2CCNCC2)cc1. The summed E-state index contributed by atoms with van der Waals surface area (Å²) >= 11 is 0. The number of hydrogen-bond acceptors (Lipinski definition) is 3. The molecule has 0 radical (unpaired) electrons. The normalized spacial score (nSPS) is 15.3. The predicted molar refractivity (Wildman–Crippen MR) is 86.3 cm³/mol. The van der Waals surface area contributed by atoms with Gasteiger partial charge in [-0.15, -0.1) is 0 Å². The Kier molecular flexibility index (Phi) is 6.21. The first-order valence-electron chi connectivity index (χ1n) is 7.76. The fourth-order valence-corrected chi connectivity index (χ4v) is 2.62. The van der Waals surface area contributed by atoms with Gasteiger partial charge in [0.2, 0.25) is 5.91 Å². The van der Waals surface area contributed by atoms with Crippen molar-refractivity contribution in [2.75, 3.05) is 18.4 Å². The minimum atomic E-state index is -0.546. The molecule has 1 aliphatic rings. The van der Waals surface area contributed by atoms with Crippen LogP contribution in [0, 0.1) is 5.92 Å². The summed E-state index contributed by atoms with van der Waals surface area (Å²) in [5.74, 6) is 0.718. The van der Waals surface area contributed by atoms with Crippen LogP contribution >= 0.6 is 0 Å². The van der Waals surface area contributed by atoms with E-state index in [0.717, 1.165) is 43.6 Å². The molecule has 2 rings (SSSR count). The lowest BCUT2D eigenvalue weighted by atomic mass is 9.93. The first-order valence-corrected chi connectivity index (χ1v) is 7.76. The Morgan fingerprint density at radius 3 is 2.50 bits per heavy atom. The maximum Gasteiger partial charge on any atom is 0.312 e. The summed E-state index contributed by atoms with van der Waals surface area (Å²) in [6.07, 6.45) is 3.84. The molecule has 22 heavy (non-hydrogen) atoms. The topological polar surface area (TPSA) is 96.2 Å². The zero-order valence-electron chi connectivity index (χ0n) is 12.7. The summed E-state index contributed by atoms with van der Waals surface area (Å²) in [6.45, 7) is 2.51. The lowest BCUT2D eigenvalue weighted by Crippen LogP contribution is -2.28. The number of nitrogens with two attached hydrogens (primary N) is 1. The van der Waals surface area contributed by atoms with E-state index in [1.807, 2.05) is 24.3 Å². The number of urea groups is 1. The van der Waals surface area contributed by atoms with Crippen LogP contribution in [-0.2, 0) is 11.3 Å². The average molecular weight is 304 g/mol. The number of benzene rings is 1. The van der Waals surface area contributed by atoms with Crippen LogP contribution in [0.5, 0.6) is 0 Å². The summed E-state index contributed by atoms with van der Waals surface area (Å²) < 4.78 is 0. The van der Waals surface area contributed by atoms with Crippen LogP contribution in [0.1, 0.15) is 31.2 Å². The zero-order valence-corrected chi connectivity index (χ0v) is 12.7. The lowest BCUT2D eigenvalue weighted by molar-refractivity contribution is -0.116. The van der Waals surface area contributed by atoms with Gasteiger partial charge in [0.25, 0.3) is 0 Å². The van der Waals surface area contributed by atoms with Crippen molar-refractivity contribution in [2.45, 2.75) is 32.2 Å². The molecular formula is C16H24N4O2. The van der Waals surface area contributed by atoms with Crippen LogP contribution in [0.15, 0.2) is 24.3 Å². The van der Waals surface area contributed by atoms with Crippen LogP contribution in [0.4, 0.5) is 10.5 Å². The molecule has 5 N–H and O–H groups in total. The van der Waals surface area contributed by atoms with Gasteiger partial charge in [0.05, 0.1) is 0 Å². The van der Waals surface area contributed by atoms with Gasteiger partial charge in [-0.25, -0.2) is 4.79 Å². The lowest BCUT2D eigenvalue weighted by Gasteiger charge is -2.22. The van der Waals surface area contributed by atoms with Crippen LogP contribution < -0.4 is 21.7 Å². The van der Waals surface area contributed by atoms with Crippen molar-refractivity contribution in [1.82, 2.24) is 10.6 Å². The predicted octanol–water partition coefficient (Wildman–Crippen LogP) is 1.57. The minimum Gasteiger partial charge on any atom is -0.352 e. The van der Waals surface area contributed by atoms with E-state index in [2.05, 4.69) is 16.0 Å². The van der Waals surface area contributed by atoms with Gasteiger partial charge in [-0.05, 0) is 56.0 Å². The number of rotatable bonds is 6. The molecule has 1 aromatic rings. The molecule has 3 amide bonds. The van der Waals surface area contributed by atoms with Gasteiger partial charge in [0, 0.05) is 18.7 Å². The number of hydrogen-bond donors (Lipinski definition) is 4. The van der Waals surface area contributed by atoms with Crippen molar-refractivity contribution in [2.24, 2.45) is 11.7 Å². The smallest absolute Gasteiger partial charge is 0.312 e. The monoisotopic (exact) mass is 304 g/mol. The average Bonchev–Trinajstić information content (AvgIpc) is 2.53. The van der Waals surface area contributed by atoms with Crippen molar-refractivity contribution >= 4 is 17.6 Å². The van der Waals surface area contributed by atoms with E-state index in [0.29, 0.717) is 18.9 Å². The van der Waals surface area contributed by atoms with Crippen molar-refractivity contribution in [3.63, 3.8) is 0 Å². The Bertz CT molecular complexity index is 495. The van der Waals surface area contributed by atoms with E-state index in [-0.39, 0.29) is 5.91 Å². The number of anilines is 1. The molecule has 1 fully saturated rings. The Morgan fingerprint density at radius 2 is 1.86 bits per heavy atom. The third kappa shape index (κ3) is 5.73. The second-order valence-electron chi connectivity index (χ2n) is 5.69. The molecule has 0 spiro atoms. The molecule has 1 saturated heterocycles. The highest BCUT2D eigenvalue weighted by molar-refractivity contribution is 5.90. The van der Waals surface area contributed by atoms with Crippen molar-refractivity contribution < 1.29 is 9.59 Å². The molecule has 0 aromatic heterocycles. The van der Waals surface area contributed by atoms with Crippen LogP contribution in [-0.4, -0.2) is 25.0 Å². The maximum atomic E-state index is 12.0. The van der Waals surface area contributed by atoms with E-state index in [1.165, 1.54) is 0 Å². The molecule has 1 heterocycles. The Morgan fingerprint density at radius 1 is 1.18 bits per heavy atom. The largest absolute Gasteiger partial charge is 0.352 e. The quantitative estimate of drug-likeness (QED) is 0.642. The van der Waals surface area contributed by atoms with Gasteiger partial charge < -0.3 is 21.7 Å². The fourth-order valence-electron chi connectivity index (χ4n) is 2.62. The fraction of sp³-hybridized carbons (Fsp3) is 0.500. The summed E-state index contributed by atoms with van der Waals surface area (Å²) in [5, 5.41) is 8.76. The first kappa shape index (κ1) is 16.3. The van der Waals surface area contributed by atoms with Crippen LogP contribution in [0.25, 0.3) is 0 Å². The second-order valence-corrected chi connectivity index (χ2v) is 5.69. The third-order valence-electron chi connectivity index (χ3n) is 3.94. The molecule has 0 aliphatic carbocycles. The van der Waals surface area contributed by atoms with Crippen molar-refractivity contribution in [3.8, 4) is 0 Å². The number of carbonyl (C=O) groups excluding carboxylic acids is 2. The molecule has 0 atom stereocenters. The summed E-state index contributed by atoms with van der Waals surface area (Å²) in [4.78, 5) is 22.6. The van der Waals surface area contributed by atoms with Crippen molar-refractivity contribution in [3.05, 3.63) is 29.8 Å². The van der Waals surface area contributed by atoms with Crippen molar-refractivity contribution in [1.29, 1.82) is 0 Å². The number of piperidine rings is 1. The molecule has 120 valence electrons. The molecule has 1 aromatic carbocycles. The molecule has 0 bridgehead atoms. The van der Waals surface area contributed by atoms with Crippen LogP contribution in [0.3, 0.4) is 0 Å². The van der Waals surface area contributed by atoms with Gasteiger partial charge in [0.1, 0.15) is 0 Å². The van der Waals surface area contributed by atoms with E-state index in [9.17, 15) is 9.59 Å². The molecule has 0 unspecified atom stereocenters. The summed E-state index contributed by atoms with van der Waals surface area (Å²) in [7, 11) is 0. The highest BCUT2D eigenvalue weighted by atomic mass is 16.2. The molecule has 1 aliphatic heterocycles. The second kappa shape index (κ2) is 8.38. The standard InChI is InChI=1S/C16H24N4O2/c17-16(22)19-11-13-1-4-14(5-2-13)20-15(21)6-3-12-7-9-18-10-8-12/h1-2,4-5,12,18H,3,6-11H2,(H,20,21)(H3,17,19,22). The van der Waals surface area contributed by atoms with E-state index in [1.54, 1.807) is 0 Å². The van der Waals surface area contributed by atoms with E-state index in [4.69, 9.17) is 5.73 Å². The van der Waals surface area contributed by atoms with E-state index >= 15 is 0 Å². The van der Waals surface area contributed by atoms with Gasteiger partial charge in [-0.1, -0.05) is 12.1 Å². The van der Waals surface area contributed by atoms with Gasteiger partial charge in [-0.3, -0.25) is 4.79 Å². The van der Waals surface area contributed by atoms with Crippen LogP contribution in [0.2, 0.25) is 0 Å². The Labute approximate surface area is 130 Å². The molecular weight excluding hydrogens is 280 g/mol. The number of primary amides is 1. The summed E-state index contributed by atoms with van der Waals surface area (Å²) in [6, 6.07) is 6.84. The van der Waals surface area contributed by atoms with Gasteiger partial charge in [-0.2, -0.15) is 0 Å². The highest BCUT2D eigenvalue weighted by Gasteiger charge is 2.14. The number of amides is 3. The first-order chi connectivity index (χ1) is 10.6. The third-order valence-corrected chi connectivity index (χ3v) is 3.94. The number of nitrogens with one attached hydrogen (secondary N) is 3. The van der Waals surface area contributed by atoms with E-state index < -0.39 is 6.03 Å². The minimum absolute atomic E-state index is 0.0570. The Hall–Kier alpha value is -2.08. The molecule has 0 saturated carbocycles. The molecule has 6 heteroatoms. The maximum absolute atomic E-state index is 12.0. The highest BCUT2D eigenvalue weighted by Crippen LogP contribution is 2.18. The van der Waals surface area contributed by atoms with Gasteiger partial charge >= 0.3 is 6.03 Å². The molecule has 6 nitrogen and oxygen atoms in total. The zero-order chi connectivity index (χ0) is 15.8. The summed E-state index contributed by atoms with van der Waals surface area (Å²) in [5.41, 5.74) is 6.73. The Balaban J connectivity index is 1.72. The number of carbonyl (C=O) groups is 2. The van der Waals surface area contributed by atoms with Gasteiger partial charge in [0.15, 0.2) is 0 Å².